The highest BCUT2D eigenvalue weighted by Crippen LogP contribution is 2.32. The maximum Gasteiger partial charge on any atom is 0.338 e. The number of hydrogen-bond donors (Lipinski definition) is 1. The molecule has 2 aliphatic rings. The van der Waals surface area contributed by atoms with E-state index >= 15 is 0 Å². The van der Waals surface area contributed by atoms with Crippen LogP contribution in [-0.4, -0.2) is 80.4 Å². The Morgan fingerprint density at radius 1 is 1.02 bits per heavy atom. The number of amides is 2. The quantitative estimate of drug-likeness (QED) is 0.367. The number of urea groups is 1. The van der Waals surface area contributed by atoms with E-state index in [4.69, 9.17) is 4.74 Å². The molecular weight excluding hydrogens is 528 g/mol. The van der Waals surface area contributed by atoms with Crippen LogP contribution < -0.4 is 5.32 Å². The van der Waals surface area contributed by atoms with Crippen LogP contribution in [0.1, 0.15) is 36.1 Å². The molecule has 40 heavy (non-hydrogen) atoms. The number of rotatable bonds is 9. The van der Waals surface area contributed by atoms with Crippen molar-refractivity contribution < 1.29 is 22.7 Å². The molecule has 0 radical (unpaired) electrons. The molecule has 0 unspecified atom stereocenters. The Hall–Kier alpha value is -3.47. The fourth-order valence-electron chi connectivity index (χ4n) is 5.07. The Morgan fingerprint density at radius 2 is 1.68 bits per heavy atom. The average molecular weight is 567 g/mol. The van der Waals surface area contributed by atoms with E-state index in [-0.39, 0.29) is 30.6 Å². The van der Waals surface area contributed by atoms with Gasteiger partial charge in [0.1, 0.15) is 0 Å². The third-order valence-electron chi connectivity index (χ3n) is 7.24. The molecule has 4 rings (SSSR count). The summed E-state index contributed by atoms with van der Waals surface area (Å²) in [6.07, 6.45) is 2.23. The summed E-state index contributed by atoms with van der Waals surface area (Å²) in [5.41, 5.74) is 3.76. The van der Waals surface area contributed by atoms with Crippen molar-refractivity contribution >= 4 is 22.0 Å². The molecule has 2 aromatic rings. The van der Waals surface area contributed by atoms with Gasteiger partial charge in [0.05, 0.1) is 23.1 Å². The van der Waals surface area contributed by atoms with Crippen LogP contribution in [0.4, 0.5) is 4.79 Å². The third kappa shape index (κ3) is 6.46. The minimum atomic E-state index is -3.63. The predicted molar refractivity (Wildman–Crippen MR) is 154 cm³/mol. The van der Waals surface area contributed by atoms with Crippen LogP contribution in [0.25, 0.3) is 0 Å². The largest absolute Gasteiger partial charge is 0.463 e. The first-order valence-electron chi connectivity index (χ1n) is 13.6. The van der Waals surface area contributed by atoms with Crippen LogP contribution in [-0.2, 0) is 19.6 Å². The molecule has 2 amide bonds. The van der Waals surface area contributed by atoms with Crippen molar-refractivity contribution in [1.82, 2.24) is 19.4 Å². The molecule has 0 spiro atoms. The van der Waals surface area contributed by atoms with Crippen molar-refractivity contribution in [1.29, 1.82) is 0 Å². The van der Waals surface area contributed by atoms with E-state index in [1.165, 1.54) is 9.21 Å². The Labute approximate surface area is 237 Å². The van der Waals surface area contributed by atoms with Gasteiger partial charge in [-0.05, 0) is 51.4 Å². The molecule has 0 bridgehead atoms. The zero-order valence-electron chi connectivity index (χ0n) is 23.4. The second-order valence-electron chi connectivity index (χ2n) is 10.1. The van der Waals surface area contributed by atoms with Gasteiger partial charge in [0.2, 0.25) is 10.0 Å². The molecule has 0 aromatic heterocycles. The third-order valence-corrected chi connectivity index (χ3v) is 9.15. The normalized spacial score (nSPS) is 19.2. The Kier molecular flexibility index (Phi) is 9.44. The molecule has 2 aliphatic heterocycles. The Morgan fingerprint density at radius 3 is 2.30 bits per heavy atom. The minimum absolute atomic E-state index is 0.196. The molecular formula is C30H38N4O5S. The van der Waals surface area contributed by atoms with Crippen molar-refractivity contribution in [3.05, 3.63) is 89.1 Å². The summed E-state index contributed by atoms with van der Waals surface area (Å²) in [5.74, 6) is -0.490. The summed E-state index contributed by atoms with van der Waals surface area (Å²) in [6, 6.07) is 13.6. The van der Waals surface area contributed by atoms with Crippen LogP contribution in [0.5, 0.6) is 0 Å². The molecule has 1 atom stereocenters. The van der Waals surface area contributed by atoms with Crippen molar-refractivity contribution in [2.24, 2.45) is 0 Å². The van der Waals surface area contributed by atoms with E-state index in [9.17, 15) is 18.0 Å². The number of nitrogens with zero attached hydrogens (tertiary/aromatic N) is 3. The lowest BCUT2D eigenvalue weighted by Gasteiger charge is -2.38. The molecule has 1 N–H and O–H groups in total. The first kappa shape index (κ1) is 29.5. The van der Waals surface area contributed by atoms with Gasteiger partial charge in [0, 0.05) is 38.4 Å². The van der Waals surface area contributed by atoms with Crippen molar-refractivity contribution in [3.63, 3.8) is 0 Å². The Balaban J connectivity index is 1.66. The van der Waals surface area contributed by atoms with Crippen LogP contribution in [0.2, 0.25) is 0 Å². The first-order valence-corrected chi connectivity index (χ1v) is 15.0. The lowest BCUT2D eigenvalue weighted by molar-refractivity contribution is -0.139. The van der Waals surface area contributed by atoms with Gasteiger partial charge < -0.3 is 10.1 Å². The smallest absolute Gasteiger partial charge is 0.338 e. The minimum Gasteiger partial charge on any atom is -0.463 e. The summed E-state index contributed by atoms with van der Waals surface area (Å²) < 4.78 is 33.7. The lowest BCUT2D eigenvalue weighted by Crippen LogP contribution is -2.51. The van der Waals surface area contributed by atoms with Crippen LogP contribution in [0.3, 0.4) is 0 Å². The summed E-state index contributed by atoms with van der Waals surface area (Å²) >= 11 is 0. The standard InChI is InChI=1S/C30H38N4O5S/c1-5-16-34-26(27(29(35)39-6-2)28(31-30(34)36)24-12-8-22(3)9-13-24)21-32-17-7-18-33(20-19-32)40(37,38)25-14-10-23(4)11-15-25/h5,8-15,28H,1,6-7,16-21H2,2-4H3,(H,31,36)/t28-/m1/s1. The number of esters is 1. The number of sulfonamides is 1. The molecule has 2 aromatic carbocycles. The van der Waals surface area contributed by atoms with E-state index in [0.29, 0.717) is 43.9 Å². The van der Waals surface area contributed by atoms with Crippen molar-refractivity contribution in [2.75, 3.05) is 45.9 Å². The molecule has 0 saturated carbocycles. The van der Waals surface area contributed by atoms with Crippen molar-refractivity contribution in [3.8, 4) is 0 Å². The fraction of sp³-hybridized carbons (Fsp3) is 0.400. The van der Waals surface area contributed by atoms with E-state index < -0.39 is 22.0 Å². The number of ether oxygens (including phenoxy) is 1. The van der Waals surface area contributed by atoms with Gasteiger partial charge in [-0.3, -0.25) is 9.80 Å². The molecule has 0 aliphatic carbocycles. The summed E-state index contributed by atoms with van der Waals surface area (Å²) in [6.45, 7) is 11.9. The summed E-state index contributed by atoms with van der Waals surface area (Å²) in [5, 5.41) is 2.98. The maximum absolute atomic E-state index is 13.4. The zero-order valence-corrected chi connectivity index (χ0v) is 24.2. The fourth-order valence-corrected chi connectivity index (χ4v) is 6.54. The highest BCUT2D eigenvalue weighted by molar-refractivity contribution is 7.89. The topological polar surface area (TPSA) is 99.3 Å². The number of nitrogens with one attached hydrogen (secondary N) is 1. The highest BCUT2D eigenvalue weighted by Gasteiger charge is 2.39. The van der Waals surface area contributed by atoms with Gasteiger partial charge in [-0.15, -0.1) is 6.58 Å². The maximum atomic E-state index is 13.4. The lowest BCUT2D eigenvalue weighted by atomic mass is 9.93. The van der Waals surface area contributed by atoms with Crippen molar-refractivity contribution in [2.45, 2.75) is 38.1 Å². The second kappa shape index (κ2) is 12.8. The van der Waals surface area contributed by atoms with Gasteiger partial charge in [-0.2, -0.15) is 4.31 Å². The molecule has 1 saturated heterocycles. The summed E-state index contributed by atoms with van der Waals surface area (Å²) in [7, 11) is -3.63. The van der Waals surface area contributed by atoms with E-state index in [0.717, 1.165) is 16.7 Å². The van der Waals surface area contributed by atoms with Gasteiger partial charge >= 0.3 is 12.0 Å². The van der Waals surface area contributed by atoms with E-state index in [2.05, 4.69) is 16.8 Å². The first-order chi connectivity index (χ1) is 19.1. The van der Waals surface area contributed by atoms with Gasteiger partial charge in [0.25, 0.3) is 0 Å². The Bertz CT molecular complexity index is 1370. The SMILES string of the molecule is C=CCN1C(=O)N[C@H](c2ccc(C)cc2)C(C(=O)OCC)=C1CN1CCCN(S(=O)(=O)c2ccc(C)cc2)CC1. The second-order valence-corrected chi connectivity index (χ2v) is 12.1. The predicted octanol–water partition coefficient (Wildman–Crippen LogP) is 3.77. The van der Waals surface area contributed by atoms with Crippen LogP contribution >= 0.6 is 0 Å². The number of hydrogen-bond acceptors (Lipinski definition) is 6. The van der Waals surface area contributed by atoms with Crippen LogP contribution in [0, 0.1) is 13.8 Å². The monoisotopic (exact) mass is 566 g/mol. The number of aryl methyl sites for hydroxylation is 2. The number of carbonyl (C=O) groups excluding carboxylic acids is 2. The molecule has 1 fully saturated rings. The van der Waals surface area contributed by atoms with E-state index in [1.54, 1.807) is 37.3 Å². The highest BCUT2D eigenvalue weighted by atomic mass is 32.2. The molecule has 2 heterocycles. The molecule has 10 heteroatoms. The average Bonchev–Trinajstić information content (AvgIpc) is 3.17. The number of benzene rings is 2. The van der Waals surface area contributed by atoms with Crippen LogP contribution in [0.15, 0.2) is 77.4 Å². The summed E-state index contributed by atoms with van der Waals surface area (Å²) in [4.78, 5) is 30.6. The van der Waals surface area contributed by atoms with Gasteiger partial charge in [0.15, 0.2) is 0 Å². The van der Waals surface area contributed by atoms with Gasteiger partial charge in [-0.25, -0.2) is 18.0 Å². The zero-order chi connectivity index (χ0) is 28.9. The van der Waals surface area contributed by atoms with E-state index in [1.807, 2.05) is 38.1 Å². The number of carbonyl (C=O) groups is 2. The molecule has 214 valence electrons. The molecule has 9 nitrogen and oxygen atoms in total. The van der Waals surface area contributed by atoms with Gasteiger partial charge in [-0.1, -0.05) is 53.6 Å².